The third kappa shape index (κ3) is 3.23. The highest BCUT2D eigenvalue weighted by Crippen LogP contribution is 2.35. The fourth-order valence-electron chi connectivity index (χ4n) is 2.40. The van der Waals surface area contributed by atoms with E-state index in [-0.39, 0.29) is 0 Å². The van der Waals surface area contributed by atoms with Crippen molar-refractivity contribution in [2.45, 2.75) is 54.8 Å². The lowest BCUT2D eigenvalue weighted by Crippen LogP contribution is -2.62. The summed E-state index contributed by atoms with van der Waals surface area (Å²) in [6.07, 6.45) is -16.8. The summed E-state index contributed by atoms with van der Waals surface area (Å²) in [7, 11) is 0. The van der Waals surface area contributed by atoms with Crippen LogP contribution in [-0.4, -0.2) is 115 Å². The second kappa shape index (κ2) is 7.21. The van der Waals surface area contributed by atoms with Gasteiger partial charge in [0.15, 0.2) is 6.29 Å². The minimum atomic E-state index is -3.20. The molecule has 2 rings (SSSR count). The molecule has 136 valence electrons. The van der Waals surface area contributed by atoms with Crippen LogP contribution < -0.4 is 0 Å². The van der Waals surface area contributed by atoms with Crippen LogP contribution in [0, 0.1) is 0 Å². The molecule has 9 atom stereocenters. The van der Waals surface area contributed by atoms with E-state index in [2.05, 4.69) is 0 Å². The van der Waals surface area contributed by atoms with E-state index < -0.39 is 74.5 Å². The molecule has 2 fully saturated rings. The van der Waals surface area contributed by atoms with Crippen molar-refractivity contribution in [2.75, 3.05) is 19.7 Å². The van der Waals surface area contributed by atoms with Gasteiger partial charge in [0.05, 0.1) is 18.6 Å². The number of aliphatic hydroxyl groups excluding tert-OH is 6. The first-order valence-corrected chi connectivity index (χ1v) is 6.63. The minimum Gasteiger partial charge on any atom is -0.394 e. The van der Waals surface area contributed by atoms with Crippen molar-refractivity contribution in [1.82, 2.24) is 0 Å². The Morgan fingerprint density at radius 2 is 1.48 bits per heavy atom. The van der Waals surface area contributed by atoms with Crippen LogP contribution in [0.5, 0.6) is 0 Å². The van der Waals surface area contributed by atoms with Crippen molar-refractivity contribution >= 4 is 0 Å². The molecule has 0 aromatic rings. The molecule has 2 aliphatic rings. The molecule has 2 saturated heterocycles. The van der Waals surface area contributed by atoms with Gasteiger partial charge < -0.3 is 55.1 Å². The second-order valence-electron chi connectivity index (χ2n) is 5.22. The lowest BCUT2D eigenvalue weighted by molar-refractivity contribution is -0.383. The first-order valence-electron chi connectivity index (χ1n) is 8.63. The van der Waals surface area contributed by atoms with Crippen molar-refractivity contribution in [1.29, 1.82) is 0 Å². The summed E-state index contributed by atoms with van der Waals surface area (Å²) in [5.74, 6) is -2.65. The Morgan fingerprint density at radius 3 is 1.96 bits per heavy atom. The zero-order valence-corrected chi connectivity index (χ0v) is 11.6. The standard InChI is InChI=1S/C12H22O11/c13-1-4-6(16)8(18)9(19)11(21-4)23-12(3-15)10(20)7(17)5(2-14)22-12/h4-11,13-20H,1-3H2/t4-,5-,6-,7-,8+,9-,10+,11-,12+/m1/s1/i1D2,2D2. The van der Waals surface area contributed by atoms with Gasteiger partial charge >= 0.3 is 0 Å². The van der Waals surface area contributed by atoms with Gasteiger partial charge in [0, 0.05) is 0 Å². The molecule has 0 saturated carbocycles. The van der Waals surface area contributed by atoms with Crippen molar-refractivity contribution in [3.8, 4) is 0 Å². The molecule has 2 heterocycles. The van der Waals surface area contributed by atoms with Gasteiger partial charge in [0.1, 0.15) is 49.3 Å². The van der Waals surface area contributed by atoms with Crippen molar-refractivity contribution in [2.24, 2.45) is 0 Å². The third-order valence-electron chi connectivity index (χ3n) is 3.77. The maximum absolute atomic E-state index is 10.1. The van der Waals surface area contributed by atoms with Gasteiger partial charge in [-0.05, 0) is 0 Å². The number of hydrogen-bond acceptors (Lipinski definition) is 11. The number of ether oxygens (including phenoxy) is 3. The highest BCUT2D eigenvalue weighted by Gasteiger charge is 2.58. The van der Waals surface area contributed by atoms with Crippen LogP contribution in [0.1, 0.15) is 5.48 Å². The molecule has 0 spiro atoms. The first-order chi connectivity index (χ1) is 12.2. The predicted octanol–water partition coefficient (Wildman–Crippen LogP) is -5.40. The van der Waals surface area contributed by atoms with Crippen LogP contribution in [0.2, 0.25) is 0 Å². The van der Waals surface area contributed by atoms with Gasteiger partial charge in [-0.3, -0.25) is 0 Å². The van der Waals surface area contributed by atoms with Crippen molar-refractivity contribution in [3.63, 3.8) is 0 Å². The molecular formula is C12H22O11. The van der Waals surface area contributed by atoms with E-state index in [0.717, 1.165) is 0 Å². The van der Waals surface area contributed by atoms with Gasteiger partial charge in [0.2, 0.25) is 5.79 Å². The molecule has 0 aliphatic carbocycles. The lowest BCUT2D eigenvalue weighted by Gasteiger charge is -2.43. The second-order valence-corrected chi connectivity index (χ2v) is 5.22. The molecule has 0 bridgehead atoms. The summed E-state index contributed by atoms with van der Waals surface area (Å²) in [5, 5.41) is 77.8. The Morgan fingerprint density at radius 1 is 0.870 bits per heavy atom. The molecule has 0 unspecified atom stereocenters. The zero-order valence-electron chi connectivity index (χ0n) is 15.6. The van der Waals surface area contributed by atoms with Gasteiger partial charge in [-0.15, -0.1) is 0 Å². The fourth-order valence-corrected chi connectivity index (χ4v) is 2.40. The van der Waals surface area contributed by atoms with Crippen LogP contribution in [0.15, 0.2) is 0 Å². The Hall–Kier alpha value is -0.440. The third-order valence-corrected chi connectivity index (χ3v) is 3.77. The molecule has 23 heavy (non-hydrogen) atoms. The molecular weight excluding hydrogens is 320 g/mol. The van der Waals surface area contributed by atoms with Crippen LogP contribution in [0.4, 0.5) is 0 Å². The number of rotatable bonds is 5. The Bertz CT molecular complexity index is 528. The van der Waals surface area contributed by atoms with E-state index >= 15 is 0 Å². The van der Waals surface area contributed by atoms with Crippen LogP contribution in [-0.2, 0) is 14.2 Å². The van der Waals surface area contributed by atoms with Gasteiger partial charge in [-0.2, -0.15) is 0 Å². The molecule has 0 aromatic heterocycles. The normalized spacial score (nSPS) is 55.0. The lowest BCUT2D eigenvalue weighted by atomic mass is 9.99. The van der Waals surface area contributed by atoms with Gasteiger partial charge in [-0.25, -0.2) is 0 Å². The average molecular weight is 346 g/mol. The fraction of sp³-hybridized carbons (Fsp3) is 1.00. The Labute approximate surface area is 136 Å². The van der Waals surface area contributed by atoms with Crippen molar-refractivity contribution in [3.05, 3.63) is 0 Å². The Balaban J connectivity index is 2.29. The van der Waals surface area contributed by atoms with E-state index in [1.165, 1.54) is 0 Å². The molecule has 11 heteroatoms. The summed E-state index contributed by atoms with van der Waals surface area (Å²) >= 11 is 0. The molecule has 2 aliphatic heterocycles. The largest absolute Gasteiger partial charge is 0.394 e. The molecule has 8 N–H and O–H groups in total. The summed E-state index contributed by atoms with van der Waals surface area (Å²) in [6, 6.07) is 0. The van der Waals surface area contributed by atoms with E-state index in [1.807, 2.05) is 0 Å². The number of aliphatic hydroxyl groups is 8. The number of hydrogen-bond donors (Lipinski definition) is 8. The van der Waals surface area contributed by atoms with Crippen LogP contribution >= 0.6 is 0 Å². The zero-order chi connectivity index (χ0) is 20.9. The van der Waals surface area contributed by atoms with E-state index in [0.29, 0.717) is 0 Å². The van der Waals surface area contributed by atoms with Crippen LogP contribution in [0.3, 0.4) is 0 Å². The van der Waals surface area contributed by atoms with Crippen LogP contribution in [0.25, 0.3) is 0 Å². The summed E-state index contributed by atoms with van der Waals surface area (Å²) < 4.78 is 43.7. The van der Waals surface area contributed by atoms with Gasteiger partial charge in [0.25, 0.3) is 0 Å². The highest BCUT2D eigenvalue weighted by atomic mass is 16.8. The van der Waals surface area contributed by atoms with E-state index in [9.17, 15) is 40.9 Å². The first kappa shape index (κ1) is 13.8. The van der Waals surface area contributed by atoms with E-state index in [1.54, 1.807) is 0 Å². The summed E-state index contributed by atoms with van der Waals surface area (Å²) in [6.45, 7) is -7.62. The molecule has 0 aromatic carbocycles. The SMILES string of the molecule is [2H]C([2H])(O)[C@H]1O[C@@](CO)(O[C@H]2O[C@H](C([2H])([2H])O)[C@@H](O)[C@H](O)[C@H]2O)[C@@H](O)[C@@H]1O. The van der Waals surface area contributed by atoms with E-state index in [4.69, 9.17) is 19.7 Å². The topological polar surface area (TPSA) is 190 Å². The summed E-state index contributed by atoms with van der Waals surface area (Å²) in [5.41, 5.74) is 0. The van der Waals surface area contributed by atoms with Crippen molar-refractivity contribution < 1.29 is 60.5 Å². The molecule has 0 radical (unpaired) electrons. The predicted molar refractivity (Wildman–Crippen MR) is 68.6 cm³/mol. The maximum atomic E-state index is 10.1. The molecule has 11 nitrogen and oxygen atoms in total. The smallest absolute Gasteiger partial charge is 0.224 e. The van der Waals surface area contributed by atoms with Gasteiger partial charge in [-0.1, -0.05) is 0 Å². The summed E-state index contributed by atoms with van der Waals surface area (Å²) in [4.78, 5) is 0. The maximum Gasteiger partial charge on any atom is 0.224 e. The average Bonchev–Trinajstić information content (AvgIpc) is 2.79. The molecule has 0 amide bonds. The minimum absolute atomic E-state index is 1.25. The Kier molecular flexibility index (Phi) is 4.33. The quantitative estimate of drug-likeness (QED) is 0.237. The highest BCUT2D eigenvalue weighted by molar-refractivity contribution is 4.98. The monoisotopic (exact) mass is 346 g/mol.